The van der Waals surface area contributed by atoms with Gasteiger partial charge in [-0.15, -0.1) is 0 Å². The highest BCUT2D eigenvalue weighted by atomic mass is 16.5. The Balaban J connectivity index is 1.61. The lowest BCUT2D eigenvalue weighted by Gasteiger charge is -2.18. The Morgan fingerprint density at radius 2 is 2.00 bits per heavy atom. The number of urea groups is 1. The fourth-order valence-corrected chi connectivity index (χ4v) is 3.98. The van der Waals surface area contributed by atoms with Crippen molar-refractivity contribution in [3.63, 3.8) is 0 Å². The zero-order valence-electron chi connectivity index (χ0n) is 20.8. The minimum atomic E-state index is -0.132. The van der Waals surface area contributed by atoms with Gasteiger partial charge in [0.2, 0.25) is 0 Å². The van der Waals surface area contributed by atoms with Crippen LogP contribution in [0.5, 0.6) is 5.75 Å². The van der Waals surface area contributed by atoms with E-state index in [0.29, 0.717) is 42.5 Å². The first-order chi connectivity index (χ1) is 16.7. The third-order valence-electron chi connectivity index (χ3n) is 5.64. The van der Waals surface area contributed by atoms with Crippen molar-refractivity contribution < 1.29 is 18.7 Å². The summed E-state index contributed by atoms with van der Waals surface area (Å²) >= 11 is 0. The molecule has 0 radical (unpaired) electrons. The van der Waals surface area contributed by atoms with Crippen LogP contribution in [-0.4, -0.2) is 42.2 Å². The molecule has 0 spiro atoms. The van der Waals surface area contributed by atoms with Gasteiger partial charge in [0.05, 0.1) is 12.3 Å². The van der Waals surface area contributed by atoms with Gasteiger partial charge in [-0.25, -0.2) is 9.78 Å². The maximum absolute atomic E-state index is 12.4. The Morgan fingerprint density at radius 3 is 2.69 bits per heavy atom. The highest BCUT2D eigenvalue weighted by Gasteiger charge is 2.23. The molecule has 3 amide bonds. The maximum atomic E-state index is 12.4. The largest absolute Gasteiger partial charge is 0.491 e. The van der Waals surface area contributed by atoms with Crippen LogP contribution in [0.25, 0.3) is 11.3 Å². The Morgan fingerprint density at radius 1 is 1.20 bits per heavy atom. The van der Waals surface area contributed by atoms with Gasteiger partial charge in [0.25, 0.3) is 5.91 Å². The van der Waals surface area contributed by atoms with Gasteiger partial charge in [-0.1, -0.05) is 6.07 Å². The van der Waals surface area contributed by atoms with E-state index in [0.717, 1.165) is 22.4 Å². The number of carbonyl (C=O) groups excluding carboxylic acids is 2. The summed E-state index contributed by atoms with van der Waals surface area (Å²) in [6.45, 7) is 11.0. The first-order valence-corrected chi connectivity index (χ1v) is 11.9. The number of amides is 3. The molecule has 4 rings (SSSR count). The number of nitrogens with zero attached hydrogens (tertiary/aromatic N) is 2. The fourth-order valence-electron chi connectivity index (χ4n) is 3.98. The first-order valence-electron chi connectivity index (χ1n) is 11.9. The third kappa shape index (κ3) is 5.82. The van der Waals surface area contributed by atoms with E-state index >= 15 is 0 Å². The number of aromatic nitrogens is 1. The number of hydrogen-bond acceptors (Lipinski definition) is 5. The van der Waals surface area contributed by atoms with Crippen molar-refractivity contribution in [2.75, 3.05) is 18.0 Å². The third-order valence-corrected chi connectivity index (χ3v) is 5.64. The predicted molar refractivity (Wildman–Crippen MR) is 135 cm³/mol. The van der Waals surface area contributed by atoms with E-state index < -0.39 is 0 Å². The number of nitrogens with one attached hydrogen (secondary N) is 2. The molecular formula is C27H32N4O4. The van der Waals surface area contributed by atoms with Crippen LogP contribution in [0.1, 0.15) is 55.1 Å². The Labute approximate surface area is 205 Å². The summed E-state index contributed by atoms with van der Waals surface area (Å²) in [4.78, 5) is 30.8. The van der Waals surface area contributed by atoms with E-state index in [9.17, 15) is 9.59 Å². The maximum Gasteiger partial charge on any atom is 0.321 e. The molecule has 184 valence electrons. The van der Waals surface area contributed by atoms with Gasteiger partial charge in [0.15, 0.2) is 11.7 Å². The summed E-state index contributed by atoms with van der Waals surface area (Å²) in [5, 5.41) is 5.75. The fraction of sp³-hybridized carbons (Fsp3) is 0.370. The van der Waals surface area contributed by atoms with Crippen LogP contribution in [0, 0.1) is 6.92 Å². The number of oxazole rings is 1. The van der Waals surface area contributed by atoms with Crippen molar-refractivity contribution in [1.29, 1.82) is 0 Å². The molecular weight excluding hydrogens is 444 g/mol. The monoisotopic (exact) mass is 476 g/mol. The molecule has 0 saturated carbocycles. The van der Waals surface area contributed by atoms with Crippen molar-refractivity contribution in [3.05, 3.63) is 65.2 Å². The minimum Gasteiger partial charge on any atom is -0.491 e. The number of hydrogen-bond donors (Lipinski definition) is 2. The Bertz CT molecular complexity index is 1230. The summed E-state index contributed by atoms with van der Waals surface area (Å²) in [6.07, 6.45) is 2.12. The minimum absolute atomic E-state index is 0.0149. The molecule has 1 saturated heterocycles. The summed E-state index contributed by atoms with van der Waals surface area (Å²) in [5.74, 6) is 1.68. The molecule has 0 atom stereocenters. The number of rotatable bonds is 8. The first kappa shape index (κ1) is 24.3. The van der Waals surface area contributed by atoms with Crippen LogP contribution in [0.3, 0.4) is 0 Å². The standard InChI is InChI=1S/C27H32N4O4/c1-16(2)30-26(32)19-7-6-18(5)20(10-19)13-25-29-15-24(35-25)21-11-22(31-9-8-28-27(31)33)14-23(12-21)34-17(3)4/h6-7,10-12,14-17H,8-9,13H2,1-5H3,(H,28,33)(H,30,32). The summed E-state index contributed by atoms with van der Waals surface area (Å²) in [5.41, 5.74) is 4.16. The van der Waals surface area contributed by atoms with E-state index in [1.165, 1.54) is 0 Å². The molecule has 3 aromatic rings. The Hall–Kier alpha value is -3.81. The smallest absolute Gasteiger partial charge is 0.321 e. The molecule has 35 heavy (non-hydrogen) atoms. The second-order valence-corrected chi connectivity index (χ2v) is 9.33. The molecule has 0 aliphatic carbocycles. The Kier molecular flexibility index (Phi) is 7.10. The highest BCUT2D eigenvalue weighted by Crippen LogP contribution is 2.32. The van der Waals surface area contributed by atoms with Crippen LogP contribution in [0.15, 0.2) is 47.0 Å². The number of anilines is 1. The molecule has 1 aromatic heterocycles. The van der Waals surface area contributed by atoms with Gasteiger partial charge < -0.3 is 19.8 Å². The topological polar surface area (TPSA) is 96.7 Å². The lowest BCUT2D eigenvalue weighted by molar-refractivity contribution is 0.0943. The molecule has 0 unspecified atom stereocenters. The van der Waals surface area contributed by atoms with Gasteiger partial charge in [0, 0.05) is 48.4 Å². The van der Waals surface area contributed by atoms with Crippen molar-refractivity contribution in [2.24, 2.45) is 0 Å². The molecule has 8 heteroatoms. The van der Waals surface area contributed by atoms with E-state index in [4.69, 9.17) is 9.15 Å². The van der Waals surface area contributed by atoms with Crippen molar-refractivity contribution in [2.45, 2.75) is 53.2 Å². The second kappa shape index (κ2) is 10.2. The van der Waals surface area contributed by atoms with Crippen molar-refractivity contribution in [1.82, 2.24) is 15.6 Å². The van der Waals surface area contributed by atoms with E-state index in [2.05, 4.69) is 15.6 Å². The molecule has 1 fully saturated rings. The molecule has 1 aliphatic rings. The summed E-state index contributed by atoms with van der Waals surface area (Å²) in [6, 6.07) is 11.2. The van der Waals surface area contributed by atoms with Crippen molar-refractivity contribution in [3.8, 4) is 17.1 Å². The average Bonchev–Trinajstić information content (AvgIpc) is 3.43. The molecule has 1 aliphatic heterocycles. The van der Waals surface area contributed by atoms with Gasteiger partial charge in [0.1, 0.15) is 5.75 Å². The van der Waals surface area contributed by atoms with Crippen LogP contribution in [-0.2, 0) is 6.42 Å². The number of carbonyl (C=O) groups is 2. The van der Waals surface area contributed by atoms with E-state index in [-0.39, 0.29) is 24.1 Å². The summed E-state index contributed by atoms with van der Waals surface area (Å²) in [7, 11) is 0. The molecule has 0 bridgehead atoms. The lowest BCUT2D eigenvalue weighted by atomic mass is 10.0. The quantitative estimate of drug-likeness (QED) is 0.491. The predicted octanol–water partition coefficient (Wildman–Crippen LogP) is 4.70. The van der Waals surface area contributed by atoms with Crippen LogP contribution >= 0.6 is 0 Å². The van der Waals surface area contributed by atoms with Gasteiger partial charge in [-0.05, 0) is 70.0 Å². The normalized spacial score (nSPS) is 13.5. The SMILES string of the molecule is Cc1ccc(C(=O)NC(C)C)cc1Cc1ncc(-c2cc(OC(C)C)cc(N3CCNC3=O)c2)o1. The van der Waals surface area contributed by atoms with Gasteiger partial charge in [-0.3, -0.25) is 9.69 Å². The van der Waals surface area contributed by atoms with Crippen molar-refractivity contribution >= 4 is 17.6 Å². The lowest BCUT2D eigenvalue weighted by Crippen LogP contribution is -2.30. The van der Waals surface area contributed by atoms with E-state index in [1.54, 1.807) is 11.1 Å². The van der Waals surface area contributed by atoms with E-state index in [1.807, 2.05) is 71.0 Å². The number of benzene rings is 2. The second-order valence-electron chi connectivity index (χ2n) is 9.33. The summed E-state index contributed by atoms with van der Waals surface area (Å²) < 4.78 is 12.0. The van der Waals surface area contributed by atoms with Crippen LogP contribution in [0.2, 0.25) is 0 Å². The molecule has 2 N–H and O–H groups in total. The zero-order valence-corrected chi connectivity index (χ0v) is 20.8. The average molecular weight is 477 g/mol. The van der Waals surface area contributed by atoms with Crippen LogP contribution in [0.4, 0.5) is 10.5 Å². The van der Waals surface area contributed by atoms with Crippen LogP contribution < -0.4 is 20.3 Å². The zero-order chi connectivity index (χ0) is 25.1. The highest BCUT2D eigenvalue weighted by molar-refractivity contribution is 5.95. The molecule has 2 heterocycles. The number of aryl methyl sites for hydroxylation is 1. The number of ether oxygens (including phenoxy) is 1. The van der Waals surface area contributed by atoms with Gasteiger partial charge >= 0.3 is 6.03 Å². The molecule has 8 nitrogen and oxygen atoms in total. The van der Waals surface area contributed by atoms with Gasteiger partial charge in [-0.2, -0.15) is 0 Å². The molecule has 2 aromatic carbocycles.